The molecule has 8 aromatic carbocycles. The summed E-state index contributed by atoms with van der Waals surface area (Å²) in [6, 6.07) is 47.2. The van der Waals surface area contributed by atoms with E-state index < -0.39 is 18.8 Å². The number of hydrogen-bond acceptors (Lipinski definition) is 32. The van der Waals surface area contributed by atoms with Crippen LogP contribution in [0.4, 0.5) is 58.7 Å². The van der Waals surface area contributed by atoms with Gasteiger partial charge in [-0.05, 0) is 93.2 Å². The van der Waals surface area contributed by atoms with Crippen LogP contribution in [0.15, 0.2) is 220 Å². The molecule has 5 N–H and O–H groups in total. The van der Waals surface area contributed by atoms with Gasteiger partial charge in [0.2, 0.25) is 0 Å². The molecule has 143 heavy (non-hydrogen) atoms. The Kier molecular flexibility index (Phi) is 35.9. The zero-order chi connectivity index (χ0) is 101. The van der Waals surface area contributed by atoms with Crippen molar-refractivity contribution < 1.29 is 66.4 Å². The number of piperazine rings is 1. The van der Waals surface area contributed by atoms with E-state index in [4.69, 9.17) is 62.9 Å². The van der Waals surface area contributed by atoms with Crippen LogP contribution in [0.2, 0.25) is 0 Å². The second-order valence-corrected chi connectivity index (χ2v) is 34.2. The molecule has 0 bridgehead atoms. The first-order valence-electron chi connectivity index (χ1n) is 46.9. The minimum Gasteiger partial charge on any atom is -0.497 e. The molecule has 752 valence electrons. The molecule has 0 unspecified atom stereocenters. The molecule has 0 spiro atoms. The van der Waals surface area contributed by atoms with Gasteiger partial charge in [0.15, 0.2) is 0 Å². The van der Waals surface area contributed by atoms with Crippen molar-refractivity contribution in [3.63, 3.8) is 0 Å². The second-order valence-electron chi connectivity index (χ2n) is 34.2. The highest BCUT2D eigenvalue weighted by atomic mass is 19.4. The van der Waals surface area contributed by atoms with Gasteiger partial charge in [-0.3, -0.25) is 53.4 Å². The summed E-state index contributed by atoms with van der Waals surface area (Å²) in [5, 5.41) is 51.4. The van der Waals surface area contributed by atoms with E-state index in [1.807, 2.05) is 150 Å². The molecule has 0 saturated carbocycles. The number of aromatic nitrogens is 16. The molecule has 8 aromatic heterocycles. The average Bonchev–Trinajstić information content (AvgIpc) is 1.65. The number of anilines is 8. The highest BCUT2D eigenvalue weighted by Crippen LogP contribution is 2.41. The molecule has 1 atom stereocenters. The van der Waals surface area contributed by atoms with Crippen molar-refractivity contribution in [2.75, 3.05) is 194 Å². The third-order valence-electron chi connectivity index (χ3n) is 24.1. The van der Waals surface area contributed by atoms with Gasteiger partial charge < -0.3 is 83.4 Å². The first-order chi connectivity index (χ1) is 69.2. The number of fused-ring (bicyclic) bond motifs is 4. The molecule has 1 saturated heterocycles. The van der Waals surface area contributed by atoms with E-state index in [1.165, 1.54) is 14.2 Å². The summed E-state index contributed by atoms with van der Waals surface area (Å²) in [6.07, 6.45) is 16.2. The van der Waals surface area contributed by atoms with Crippen molar-refractivity contribution >= 4 is 89.6 Å². The molecule has 0 amide bonds. The number of nitrogens with one attached hydrogen (secondary N) is 2. The fraction of sp³-hybridized carbons (Fsp3) is 0.346. The standard InChI is InChI=1S/C28H35N7O3.C27H34N6O2.C25H27F3N6O3.C24H28N6O3/c1-32-20-21(18-30-32)28-19-29-26-5-4-22(16-27(26)31-28)35(23-14-24(37-2)17-25(15-23)38-3)11-10-33-6-8-34(9-7-33)12-13-36;1-7-32(19(2)3)10-11-33(22-12-23(34-5)15-24(13-22)35-6)21-8-9-25-26(14-21)30-27(17-28-25)20-16-29-31(4)18-20;1-33-13-16(10-31-33)24-12-30-22-5-4-17(8-23(22)32-24)34(14-19(35)11-29-15-25(26,27)28)18-6-20(36-2)9-21(7-18)37-3;1-29-16-17(14-27-29)24-15-26-22-5-4-18(12-23(22)28-24)30(8-6-25-7-9-31)19-10-20(32-2)13-21(11-19)33-3/h4-5,14-20,36H,6-13H2,1-3H3;8-9,12-19H,7,10-11H2,1-6H3;4-10,12-13,19,29,35H,11,14-15H2,1-3H3;4-5,10-16,25,31H,6-9H2,1-3H3/t;;19-;/m..1./s1. The molecule has 9 heterocycles. The summed E-state index contributed by atoms with van der Waals surface area (Å²) in [5.74, 6) is 5.42. The summed E-state index contributed by atoms with van der Waals surface area (Å²) in [7, 11) is 20.5. The van der Waals surface area contributed by atoms with E-state index in [0.29, 0.717) is 76.8 Å². The van der Waals surface area contributed by atoms with Gasteiger partial charge in [0.05, 0.1) is 206 Å². The van der Waals surface area contributed by atoms with Crippen LogP contribution in [0.1, 0.15) is 20.8 Å². The third-order valence-corrected chi connectivity index (χ3v) is 24.1. The minimum atomic E-state index is -4.37. The number of aliphatic hydroxyl groups is 3. The van der Waals surface area contributed by atoms with Gasteiger partial charge in [0, 0.05) is 285 Å². The Morgan fingerprint density at radius 1 is 0.357 bits per heavy atom. The molecule has 17 rings (SSSR count). The first-order valence-corrected chi connectivity index (χ1v) is 46.9. The number of benzene rings is 8. The molecular formula is C104H124F3N25O11. The van der Waals surface area contributed by atoms with E-state index in [0.717, 1.165) is 195 Å². The van der Waals surface area contributed by atoms with Gasteiger partial charge in [0.1, 0.15) is 46.0 Å². The highest BCUT2D eigenvalue weighted by molar-refractivity contribution is 5.87. The van der Waals surface area contributed by atoms with E-state index in [9.17, 15) is 23.4 Å². The lowest BCUT2D eigenvalue weighted by atomic mass is 10.1. The molecule has 36 nitrogen and oxygen atoms in total. The molecule has 0 radical (unpaired) electrons. The lowest BCUT2D eigenvalue weighted by molar-refractivity contribution is -0.125. The molecule has 1 fully saturated rings. The Morgan fingerprint density at radius 2 is 0.664 bits per heavy atom. The average molecular weight is 1960 g/mol. The Bertz CT molecular complexity index is 6770. The molecule has 1 aliphatic rings. The largest absolute Gasteiger partial charge is 0.497 e. The smallest absolute Gasteiger partial charge is 0.401 e. The zero-order valence-electron chi connectivity index (χ0n) is 83.2. The number of aryl methyl sites for hydroxylation is 4. The van der Waals surface area contributed by atoms with E-state index >= 15 is 0 Å². The summed E-state index contributed by atoms with van der Waals surface area (Å²) >= 11 is 0. The number of β-amino-alcohol motifs (C(OH)–C–C–N with tert-alkyl or cyclic N) is 1. The monoisotopic (exact) mass is 1960 g/mol. The summed E-state index contributed by atoms with van der Waals surface area (Å²) in [6.45, 7) is 16.4. The van der Waals surface area contributed by atoms with Crippen LogP contribution in [-0.2, 0) is 28.2 Å². The van der Waals surface area contributed by atoms with Crippen molar-refractivity contribution in [2.24, 2.45) is 28.2 Å². The quantitative estimate of drug-likeness (QED) is 0.0223. The lowest BCUT2D eigenvalue weighted by Crippen LogP contribution is -2.48. The Morgan fingerprint density at radius 3 is 0.951 bits per heavy atom. The van der Waals surface area contributed by atoms with Gasteiger partial charge >= 0.3 is 6.18 Å². The van der Waals surface area contributed by atoms with E-state index in [1.54, 1.807) is 140 Å². The number of aliphatic hydroxyl groups excluding tert-OH is 3. The van der Waals surface area contributed by atoms with Crippen LogP contribution in [0.25, 0.3) is 89.2 Å². The molecule has 39 heteroatoms. The third kappa shape index (κ3) is 27.8. The zero-order valence-corrected chi connectivity index (χ0v) is 83.2. The fourth-order valence-corrected chi connectivity index (χ4v) is 16.5. The molecule has 0 aliphatic carbocycles. The van der Waals surface area contributed by atoms with Crippen LogP contribution in [0.5, 0.6) is 46.0 Å². The molecular weight excluding hydrogens is 1830 g/mol. The van der Waals surface area contributed by atoms with Gasteiger partial charge in [-0.1, -0.05) is 6.92 Å². The summed E-state index contributed by atoms with van der Waals surface area (Å²) in [4.78, 5) is 53.5. The number of hydrogen-bond donors (Lipinski definition) is 5. The predicted molar refractivity (Wildman–Crippen MR) is 550 cm³/mol. The van der Waals surface area contributed by atoms with Crippen molar-refractivity contribution in [3.8, 4) is 91.0 Å². The maximum atomic E-state index is 12.6. The van der Waals surface area contributed by atoms with Crippen molar-refractivity contribution in [1.82, 2.24) is 104 Å². The predicted octanol–water partition coefficient (Wildman–Crippen LogP) is 14.2. The number of methoxy groups -OCH3 is 8. The van der Waals surface area contributed by atoms with Gasteiger partial charge in [-0.25, -0.2) is 19.9 Å². The Balaban J connectivity index is 0.000000151. The number of nitrogens with zero attached hydrogens (tertiary/aromatic N) is 23. The van der Waals surface area contributed by atoms with Crippen LogP contribution in [-0.4, -0.2) is 302 Å². The van der Waals surface area contributed by atoms with Gasteiger partial charge in [0.25, 0.3) is 0 Å². The minimum absolute atomic E-state index is 0.0115. The maximum Gasteiger partial charge on any atom is 0.401 e. The summed E-state index contributed by atoms with van der Waals surface area (Å²) in [5.41, 5.74) is 20.0. The topological polar surface area (TPSA) is 356 Å². The summed E-state index contributed by atoms with van der Waals surface area (Å²) < 4.78 is 88.7. The molecule has 1 aliphatic heterocycles. The van der Waals surface area contributed by atoms with Crippen molar-refractivity contribution in [3.05, 3.63) is 220 Å². The van der Waals surface area contributed by atoms with E-state index in [-0.39, 0.29) is 26.3 Å². The van der Waals surface area contributed by atoms with Crippen LogP contribution in [0.3, 0.4) is 0 Å². The van der Waals surface area contributed by atoms with Crippen LogP contribution in [0, 0.1) is 0 Å². The fourth-order valence-electron chi connectivity index (χ4n) is 16.5. The number of halogens is 3. The van der Waals surface area contributed by atoms with Gasteiger partial charge in [-0.15, -0.1) is 0 Å². The SMILES string of the molecule is CCN(CCN(c1cc(OC)cc(OC)c1)c1ccc2ncc(-c3cnn(C)c3)nc2c1)C(C)C.COc1cc(OC)cc(N(CCN2CCN(CCO)CC2)c2ccc3ncc(-c4cnn(C)c4)nc3c2)c1.COc1cc(OC)cc(N(CCNCCO)c2ccc3ncc(-c4cnn(C)c4)nc3c2)c1.COc1cc(OC)cc(N(C[C@H](O)CNCC(F)(F)F)c2ccc3ncc(-c4cnn(C)c4)nc3c2)c1. The molecule has 16 aromatic rings. The van der Waals surface area contributed by atoms with Crippen LogP contribution >= 0.6 is 0 Å². The normalized spacial score (nSPS) is 12.5. The maximum absolute atomic E-state index is 12.6. The van der Waals surface area contributed by atoms with Crippen molar-refractivity contribution in [2.45, 2.75) is 39.1 Å². The Hall–Kier alpha value is -15.0. The number of alkyl halides is 3. The van der Waals surface area contributed by atoms with E-state index in [2.05, 4.69) is 125 Å². The number of likely N-dealkylation sites (N-methyl/N-ethyl adjacent to an activating group) is 1. The lowest BCUT2D eigenvalue weighted by Gasteiger charge is -2.36. The van der Waals surface area contributed by atoms with Gasteiger partial charge in [-0.2, -0.15) is 33.6 Å². The van der Waals surface area contributed by atoms with Crippen LogP contribution < -0.4 is 68.1 Å². The number of rotatable bonds is 40. The Labute approximate surface area is 828 Å². The highest BCUT2D eigenvalue weighted by Gasteiger charge is 2.29. The number of ether oxygens (including phenoxy) is 8. The van der Waals surface area contributed by atoms with Crippen molar-refractivity contribution in [1.29, 1.82) is 0 Å². The first kappa shape index (κ1) is 104. The second kappa shape index (κ2) is 49.4.